The number of halogens is 1. The zero-order valence-corrected chi connectivity index (χ0v) is 9.79. The van der Waals surface area contributed by atoms with Crippen molar-refractivity contribution in [3.05, 3.63) is 23.5 Å². The molecule has 86 valence electrons. The van der Waals surface area contributed by atoms with Gasteiger partial charge in [-0.25, -0.2) is 4.98 Å². The van der Waals surface area contributed by atoms with Gasteiger partial charge in [-0.05, 0) is 31.0 Å². The predicted molar refractivity (Wildman–Crippen MR) is 63.4 cm³/mol. The normalized spacial score (nSPS) is 24.4. The molecule has 1 saturated heterocycles. The first-order valence-electron chi connectivity index (χ1n) is 5.32. The van der Waals surface area contributed by atoms with Crippen molar-refractivity contribution in [3.8, 4) is 0 Å². The lowest BCUT2D eigenvalue weighted by molar-refractivity contribution is -0.118. The Hall–Kier alpha value is -1.13. The number of aromatic nitrogens is 1. The first-order chi connectivity index (χ1) is 7.66. The second-order valence-corrected chi connectivity index (χ2v) is 4.44. The molecule has 5 heteroatoms. The molecule has 1 aromatic rings. The molecule has 2 N–H and O–H groups in total. The highest BCUT2D eigenvalue weighted by atomic mass is 35.5. The third kappa shape index (κ3) is 2.51. The van der Waals surface area contributed by atoms with Gasteiger partial charge in [0.2, 0.25) is 5.91 Å². The quantitative estimate of drug-likeness (QED) is 0.772. The summed E-state index contributed by atoms with van der Waals surface area (Å²) in [6.07, 6.45) is 2.59. The molecule has 2 rings (SSSR count). The maximum atomic E-state index is 11.9. The summed E-state index contributed by atoms with van der Waals surface area (Å²) in [4.78, 5) is 15.8. The number of pyridine rings is 1. The average molecular weight is 240 g/mol. The molecule has 2 unspecified atom stereocenters. The smallest absolute Gasteiger partial charge is 0.241 e. The maximum Gasteiger partial charge on any atom is 0.241 e. The van der Waals surface area contributed by atoms with E-state index < -0.39 is 0 Å². The van der Waals surface area contributed by atoms with Gasteiger partial charge in [-0.3, -0.25) is 4.79 Å². The number of hydrogen-bond acceptors (Lipinski definition) is 3. The molecule has 1 aromatic heterocycles. The number of anilines is 1. The number of nitrogens with zero attached hydrogens (tertiary/aromatic N) is 1. The minimum absolute atomic E-state index is 0.00544. The van der Waals surface area contributed by atoms with E-state index in [0.717, 1.165) is 13.0 Å². The van der Waals surface area contributed by atoms with E-state index in [4.69, 9.17) is 11.6 Å². The molecule has 0 saturated carbocycles. The van der Waals surface area contributed by atoms with Crippen molar-refractivity contribution < 1.29 is 4.79 Å². The van der Waals surface area contributed by atoms with E-state index in [9.17, 15) is 4.79 Å². The van der Waals surface area contributed by atoms with Crippen molar-refractivity contribution in [2.24, 2.45) is 5.92 Å². The van der Waals surface area contributed by atoms with Gasteiger partial charge in [-0.2, -0.15) is 0 Å². The minimum Gasteiger partial charge on any atom is -0.323 e. The van der Waals surface area contributed by atoms with Gasteiger partial charge >= 0.3 is 0 Å². The molecule has 1 aliphatic heterocycles. The van der Waals surface area contributed by atoms with Crippen LogP contribution in [0.2, 0.25) is 5.15 Å². The molecule has 0 aromatic carbocycles. The molecule has 0 aliphatic carbocycles. The van der Waals surface area contributed by atoms with Crippen LogP contribution in [0.4, 0.5) is 5.69 Å². The van der Waals surface area contributed by atoms with Gasteiger partial charge < -0.3 is 10.6 Å². The summed E-state index contributed by atoms with van der Waals surface area (Å²) < 4.78 is 0. The number of rotatable bonds is 2. The number of amides is 1. The zero-order valence-electron chi connectivity index (χ0n) is 9.03. The molecule has 1 amide bonds. The first kappa shape index (κ1) is 11.4. The Balaban J connectivity index is 1.99. The molecule has 2 atom stereocenters. The second-order valence-electron chi connectivity index (χ2n) is 4.06. The third-order valence-corrected chi connectivity index (χ3v) is 3.03. The van der Waals surface area contributed by atoms with Crippen LogP contribution in [-0.4, -0.2) is 23.5 Å². The van der Waals surface area contributed by atoms with Gasteiger partial charge in [0.05, 0.1) is 17.9 Å². The van der Waals surface area contributed by atoms with E-state index in [1.165, 1.54) is 0 Å². The summed E-state index contributed by atoms with van der Waals surface area (Å²) in [5.74, 6) is 0.370. The number of carbonyl (C=O) groups is 1. The molecular formula is C11H14ClN3O. The first-order valence-corrected chi connectivity index (χ1v) is 5.70. The topological polar surface area (TPSA) is 54.0 Å². The van der Waals surface area contributed by atoms with Crippen LogP contribution in [0.15, 0.2) is 18.3 Å². The van der Waals surface area contributed by atoms with Gasteiger partial charge in [-0.15, -0.1) is 0 Å². The largest absolute Gasteiger partial charge is 0.323 e. The fraction of sp³-hybridized carbons (Fsp3) is 0.455. The molecule has 0 radical (unpaired) electrons. The lowest BCUT2D eigenvalue weighted by atomic mass is 10.0. The Morgan fingerprint density at radius 2 is 2.44 bits per heavy atom. The number of carbonyl (C=O) groups excluding carboxylic acids is 1. The van der Waals surface area contributed by atoms with Crippen LogP contribution in [-0.2, 0) is 4.79 Å². The van der Waals surface area contributed by atoms with E-state index in [0.29, 0.717) is 16.8 Å². The van der Waals surface area contributed by atoms with Gasteiger partial charge in [0.25, 0.3) is 0 Å². The predicted octanol–water partition coefficient (Wildman–Crippen LogP) is 1.67. The monoisotopic (exact) mass is 239 g/mol. The Labute approximate surface area is 99.4 Å². The Bertz CT molecular complexity index is 379. The Morgan fingerprint density at radius 1 is 1.62 bits per heavy atom. The molecule has 0 spiro atoms. The lowest BCUT2D eigenvalue weighted by Gasteiger charge is -2.15. The molecular weight excluding hydrogens is 226 g/mol. The highest BCUT2D eigenvalue weighted by molar-refractivity contribution is 6.29. The highest BCUT2D eigenvalue weighted by Gasteiger charge is 2.29. The summed E-state index contributed by atoms with van der Waals surface area (Å²) in [5.41, 5.74) is 0.676. The fourth-order valence-electron chi connectivity index (χ4n) is 1.86. The number of nitrogens with one attached hydrogen (secondary N) is 2. The van der Waals surface area contributed by atoms with E-state index in [1.54, 1.807) is 18.3 Å². The molecule has 1 aliphatic rings. The number of hydrogen-bond donors (Lipinski definition) is 2. The van der Waals surface area contributed by atoms with Crippen LogP contribution < -0.4 is 10.6 Å². The molecule has 0 bridgehead atoms. The molecule has 1 fully saturated rings. The standard InChI is InChI=1S/C11H14ClN3O/c1-7-4-5-13-10(7)11(16)15-8-2-3-9(12)14-6-8/h2-3,6-7,10,13H,4-5H2,1H3,(H,15,16). The second kappa shape index (κ2) is 4.80. The van der Waals surface area contributed by atoms with Crippen molar-refractivity contribution in [3.63, 3.8) is 0 Å². The van der Waals surface area contributed by atoms with Gasteiger partial charge in [-0.1, -0.05) is 18.5 Å². The van der Waals surface area contributed by atoms with Crippen LogP contribution in [0.1, 0.15) is 13.3 Å². The van der Waals surface area contributed by atoms with E-state index in [2.05, 4.69) is 22.5 Å². The van der Waals surface area contributed by atoms with Crippen molar-refractivity contribution in [1.82, 2.24) is 10.3 Å². The van der Waals surface area contributed by atoms with E-state index in [-0.39, 0.29) is 11.9 Å². The average Bonchev–Trinajstić information content (AvgIpc) is 2.68. The zero-order chi connectivity index (χ0) is 11.5. The SMILES string of the molecule is CC1CCNC1C(=O)Nc1ccc(Cl)nc1. The molecule has 16 heavy (non-hydrogen) atoms. The summed E-state index contributed by atoms with van der Waals surface area (Å²) in [6.45, 7) is 2.97. The van der Waals surface area contributed by atoms with Gasteiger partial charge in [0.1, 0.15) is 5.15 Å². The van der Waals surface area contributed by atoms with Crippen LogP contribution in [0.5, 0.6) is 0 Å². The van der Waals surface area contributed by atoms with Crippen LogP contribution in [0.25, 0.3) is 0 Å². The fourth-order valence-corrected chi connectivity index (χ4v) is 1.97. The van der Waals surface area contributed by atoms with Crippen molar-refractivity contribution >= 4 is 23.2 Å². The van der Waals surface area contributed by atoms with Crippen molar-refractivity contribution in [1.29, 1.82) is 0 Å². The Kier molecular flexibility index (Phi) is 3.41. The minimum atomic E-state index is -0.101. The molecule has 4 nitrogen and oxygen atoms in total. The van der Waals surface area contributed by atoms with E-state index >= 15 is 0 Å². The Morgan fingerprint density at radius 3 is 3.00 bits per heavy atom. The van der Waals surface area contributed by atoms with Crippen LogP contribution in [0.3, 0.4) is 0 Å². The summed E-state index contributed by atoms with van der Waals surface area (Å²) in [6, 6.07) is 3.30. The summed E-state index contributed by atoms with van der Waals surface area (Å²) in [5, 5.41) is 6.42. The van der Waals surface area contributed by atoms with Crippen molar-refractivity contribution in [2.75, 3.05) is 11.9 Å². The van der Waals surface area contributed by atoms with Gasteiger partial charge in [0, 0.05) is 0 Å². The molecule has 2 heterocycles. The summed E-state index contributed by atoms with van der Waals surface area (Å²) >= 11 is 5.66. The lowest BCUT2D eigenvalue weighted by Crippen LogP contribution is -2.39. The van der Waals surface area contributed by atoms with Crippen molar-refractivity contribution in [2.45, 2.75) is 19.4 Å². The van der Waals surface area contributed by atoms with Gasteiger partial charge in [0.15, 0.2) is 0 Å². The van der Waals surface area contributed by atoms with Crippen LogP contribution in [0, 0.1) is 5.92 Å². The summed E-state index contributed by atoms with van der Waals surface area (Å²) in [7, 11) is 0. The highest BCUT2D eigenvalue weighted by Crippen LogP contribution is 2.17. The third-order valence-electron chi connectivity index (χ3n) is 2.81. The van der Waals surface area contributed by atoms with E-state index in [1.807, 2.05) is 0 Å². The maximum absolute atomic E-state index is 11.9. The van der Waals surface area contributed by atoms with Crippen LogP contribution >= 0.6 is 11.6 Å².